The molecule has 23 heavy (non-hydrogen) atoms. The van der Waals surface area contributed by atoms with Gasteiger partial charge in [0.15, 0.2) is 0 Å². The molecular weight excluding hydrogens is 296 g/mol. The molecule has 6 heteroatoms. The Balaban J connectivity index is 3.19. The van der Waals surface area contributed by atoms with Crippen molar-refractivity contribution in [1.82, 2.24) is 4.98 Å². The van der Waals surface area contributed by atoms with Gasteiger partial charge in [-0.25, -0.2) is 14.6 Å². The van der Waals surface area contributed by atoms with Gasteiger partial charge in [-0.1, -0.05) is 13.0 Å². The Morgan fingerprint density at radius 1 is 1.00 bits per heavy atom. The average molecular weight is 322 g/mol. The number of imide groups is 1. The zero-order chi connectivity index (χ0) is 17.8. The van der Waals surface area contributed by atoms with E-state index in [0.717, 1.165) is 10.6 Å². The predicted molar refractivity (Wildman–Crippen MR) is 88.6 cm³/mol. The van der Waals surface area contributed by atoms with Gasteiger partial charge in [-0.2, -0.15) is 4.90 Å². The maximum atomic E-state index is 12.4. The van der Waals surface area contributed by atoms with Crippen LogP contribution in [-0.2, 0) is 15.9 Å². The second-order valence-electron chi connectivity index (χ2n) is 7.14. The fraction of sp³-hybridized carbons (Fsp3) is 0.588. The monoisotopic (exact) mass is 322 g/mol. The molecule has 0 radical (unpaired) electrons. The highest BCUT2D eigenvalue weighted by molar-refractivity contribution is 6.08. The van der Waals surface area contributed by atoms with E-state index >= 15 is 0 Å². The highest BCUT2D eigenvalue weighted by Crippen LogP contribution is 2.20. The molecule has 1 rings (SSSR count). The van der Waals surface area contributed by atoms with Gasteiger partial charge in [-0.15, -0.1) is 0 Å². The van der Waals surface area contributed by atoms with Gasteiger partial charge in [0.25, 0.3) is 0 Å². The van der Waals surface area contributed by atoms with E-state index in [2.05, 4.69) is 4.98 Å². The molecule has 0 atom stereocenters. The molecule has 0 aliphatic rings. The second-order valence-corrected chi connectivity index (χ2v) is 7.14. The lowest BCUT2D eigenvalue weighted by Crippen LogP contribution is -2.44. The normalized spacial score (nSPS) is 11.8. The van der Waals surface area contributed by atoms with Crippen LogP contribution in [-0.4, -0.2) is 28.4 Å². The molecule has 0 N–H and O–H groups in total. The van der Waals surface area contributed by atoms with Gasteiger partial charge in [-0.05, 0) is 60.1 Å². The predicted octanol–water partition coefficient (Wildman–Crippen LogP) is 4.32. The van der Waals surface area contributed by atoms with Crippen molar-refractivity contribution in [3.05, 3.63) is 23.9 Å². The highest BCUT2D eigenvalue weighted by atomic mass is 16.6. The number of aromatic nitrogens is 1. The van der Waals surface area contributed by atoms with Crippen molar-refractivity contribution in [2.24, 2.45) is 0 Å². The summed E-state index contributed by atoms with van der Waals surface area (Å²) in [5.41, 5.74) is -0.709. The molecule has 0 fully saturated rings. The zero-order valence-corrected chi connectivity index (χ0v) is 15.0. The minimum Gasteiger partial charge on any atom is -0.443 e. The third-order valence-electron chi connectivity index (χ3n) is 2.54. The van der Waals surface area contributed by atoms with Crippen LogP contribution in [0, 0.1) is 0 Å². The molecule has 0 aromatic carbocycles. The number of carbonyl (C=O) groups excluding carboxylic acids is 2. The molecule has 0 aliphatic heterocycles. The van der Waals surface area contributed by atoms with Gasteiger partial charge in [0, 0.05) is 5.69 Å². The van der Waals surface area contributed by atoms with Crippen molar-refractivity contribution in [2.75, 3.05) is 4.90 Å². The van der Waals surface area contributed by atoms with E-state index in [1.54, 1.807) is 53.7 Å². The highest BCUT2D eigenvalue weighted by Gasteiger charge is 2.33. The maximum Gasteiger partial charge on any atom is 0.425 e. The van der Waals surface area contributed by atoms with Gasteiger partial charge in [0.2, 0.25) is 0 Å². The summed E-state index contributed by atoms with van der Waals surface area (Å²) in [6.07, 6.45) is -0.940. The van der Waals surface area contributed by atoms with Crippen LogP contribution < -0.4 is 4.90 Å². The fourth-order valence-corrected chi connectivity index (χ4v) is 1.67. The Morgan fingerprint density at radius 3 is 1.87 bits per heavy atom. The average Bonchev–Trinajstić information content (AvgIpc) is 2.34. The Hall–Kier alpha value is -2.11. The summed E-state index contributed by atoms with van der Waals surface area (Å²) in [6, 6.07) is 5.14. The number of amides is 2. The number of rotatable bonds is 2. The summed E-state index contributed by atoms with van der Waals surface area (Å²) in [5.74, 6) is 0.188. The molecule has 0 saturated heterocycles. The van der Waals surface area contributed by atoms with Crippen molar-refractivity contribution >= 4 is 18.0 Å². The molecule has 128 valence electrons. The van der Waals surface area contributed by atoms with Crippen LogP contribution in [0.15, 0.2) is 18.2 Å². The fourth-order valence-electron chi connectivity index (χ4n) is 1.67. The number of aryl methyl sites for hydroxylation is 1. The SMILES string of the molecule is CCc1cccc(N(C(=O)OC(C)(C)C)C(=O)OC(C)(C)C)n1. The standard InChI is InChI=1S/C17H26N2O4/c1-8-12-10-9-11-13(18-12)19(14(20)22-16(2,3)4)15(21)23-17(5,6)7/h9-11H,8H2,1-7H3. The molecular formula is C17H26N2O4. The lowest BCUT2D eigenvalue weighted by molar-refractivity contribution is 0.0429. The van der Waals surface area contributed by atoms with Crippen LogP contribution in [0.2, 0.25) is 0 Å². The Labute approximate surface area is 137 Å². The summed E-state index contributed by atoms with van der Waals surface area (Å²) >= 11 is 0. The lowest BCUT2D eigenvalue weighted by Gasteiger charge is -2.28. The van der Waals surface area contributed by atoms with E-state index < -0.39 is 23.4 Å². The van der Waals surface area contributed by atoms with Gasteiger partial charge >= 0.3 is 12.2 Å². The van der Waals surface area contributed by atoms with Crippen molar-refractivity contribution in [3.63, 3.8) is 0 Å². The minimum absolute atomic E-state index is 0.188. The summed E-state index contributed by atoms with van der Waals surface area (Å²) < 4.78 is 10.6. The summed E-state index contributed by atoms with van der Waals surface area (Å²) in [4.78, 5) is 30.0. The van der Waals surface area contributed by atoms with Crippen molar-refractivity contribution in [1.29, 1.82) is 0 Å². The third-order valence-corrected chi connectivity index (χ3v) is 2.54. The summed E-state index contributed by atoms with van der Waals surface area (Å²) in [5, 5.41) is 0. The lowest BCUT2D eigenvalue weighted by atomic mass is 10.2. The topological polar surface area (TPSA) is 68.7 Å². The van der Waals surface area contributed by atoms with Gasteiger partial charge in [0.1, 0.15) is 17.0 Å². The molecule has 1 aromatic heterocycles. The van der Waals surface area contributed by atoms with Gasteiger partial charge < -0.3 is 9.47 Å². The number of hydrogen-bond acceptors (Lipinski definition) is 5. The minimum atomic E-state index is -0.812. The summed E-state index contributed by atoms with van der Waals surface area (Å²) in [7, 11) is 0. The number of carbonyl (C=O) groups is 2. The number of ether oxygens (including phenoxy) is 2. The van der Waals surface area contributed by atoms with Crippen LogP contribution >= 0.6 is 0 Å². The first-order valence-corrected chi connectivity index (χ1v) is 7.65. The van der Waals surface area contributed by atoms with E-state index in [4.69, 9.17) is 9.47 Å². The van der Waals surface area contributed by atoms with Crippen LogP contribution in [0.4, 0.5) is 15.4 Å². The number of hydrogen-bond donors (Lipinski definition) is 0. The Morgan fingerprint density at radius 2 is 1.48 bits per heavy atom. The number of pyridine rings is 1. The van der Waals surface area contributed by atoms with Crippen molar-refractivity contribution in [2.45, 2.75) is 66.1 Å². The molecule has 1 aromatic rings. The molecule has 6 nitrogen and oxygen atoms in total. The molecule has 1 heterocycles. The third kappa shape index (κ3) is 6.26. The second kappa shape index (κ2) is 6.98. The van der Waals surface area contributed by atoms with Crippen molar-refractivity contribution in [3.8, 4) is 0 Å². The van der Waals surface area contributed by atoms with Crippen molar-refractivity contribution < 1.29 is 19.1 Å². The smallest absolute Gasteiger partial charge is 0.425 e. The Bertz CT molecular complexity index is 543. The van der Waals surface area contributed by atoms with E-state index in [9.17, 15) is 9.59 Å². The maximum absolute atomic E-state index is 12.4. The van der Waals surface area contributed by atoms with E-state index in [0.29, 0.717) is 6.42 Å². The first-order valence-electron chi connectivity index (χ1n) is 7.65. The molecule has 2 amide bonds. The zero-order valence-electron chi connectivity index (χ0n) is 15.0. The first kappa shape index (κ1) is 18.9. The largest absolute Gasteiger partial charge is 0.443 e. The molecule has 0 saturated carbocycles. The quantitative estimate of drug-likeness (QED) is 0.811. The summed E-state index contributed by atoms with van der Waals surface area (Å²) in [6.45, 7) is 12.3. The first-order chi connectivity index (χ1) is 10.4. The molecule has 0 spiro atoms. The number of nitrogens with zero attached hydrogens (tertiary/aromatic N) is 2. The molecule has 0 unspecified atom stereocenters. The van der Waals surface area contributed by atoms with Crippen LogP contribution in [0.5, 0.6) is 0 Å². The number of anilines is 1. The van der Waals surface area contributed by atoms with Crippen LogP contribution in [0.1, 0.15) is 54.2 Å². The van der Waals surface area contributed by atoms with Crippen LogP contribution in [0.3, 0.4) is 0 Å². The van der Waals surface area contributed by atoms with Gasteiger partial charge in [-0.3, -0.25) is 0 Å². The molecule has 0 aliphatic carbocycles. The Kier molecular flexibility index (Phi) is 5.75. The van der Waals surface area contributed by atoms with E-state index in [1.807, 2.05) is 13.0 Å². The van der Waals surface area contributed by atoms with E-state index in [1.165, 1.54) is 0 Å². The van der Waals surface area contributed by atoms with Gasteiger partial charge in [0.05, 0.1) is 0 Å². The molecule has 0 bridgehead atoms. The van der Waals surface area contributed by atoms with E-state index in [-0.39, 0.29) is 5.82 Å². The van der Waals surface area contributed by atoms with Crippen LogP contribution in [0.25, 0.3) is 0 Å².